The summed E-state index contributed by atoms with van der Waals surface area (Å²) < 4.78 is 2.57. The van der Waals surface area contributed by atoms with Gasteiger partial charge in [0.05, 0.1) is 34.7 Å². The summed E-state index contributed by atoms with van der Waals surface area (Å²) in [6, 6.07) is 39.5. The summed E-state index contributed by atoms with van der Waals surface area (Å²) in [6.45, 7) is 36.4. The standard InChI is InChI=1S/C75H86N6/c1-16-17-18-20-27-48(2)54-30-25-32-56(67(54)80-63-39-35-50(71(3,4)5)44-58(63)59-45-51(72(6,7)8)36-40-64(59)80)69-77-70(79-75(15,78-69)49-28-21-19-22-29-49)57-33-26-31-55(62-34-23-24-43-76-62)68(57)81-65-41-37-52(73(9,10)11)46-60(65)61-47-53(74(12,13)14)38-42-66(61)81/h17,19,21-32,34-47,57,60,62,65,69,76,78H,1,18,20,33H2,2-15H3,(H,77,79)/b48-27+/t57?,60?,62-,65?,69-,75?/m1/s1. The van der Waals surface area contributed by atoms with Crippen LogP contribution in [0.25, 0.3) is 33.1 Å². The third-order valence-corrected chi connectivity index (χ3v) is 17.7. The molecule has 6 heteroatoms. The summed E-state index contributed by atoms with van der Waals surface area (Å²) >= 11 is 0. The Labute approximate surface area is 484 Å². The predicted octanol–water partition coefficient (Wildman–Crippen LogP) is 18.1. The lowest BCUT2D eigenvalue weighted by molar-refractivity contribution is 0.270. The number of rotatable bonds is 10. The third-order valence-electron chi connectivity index (χ3n) is 17.7. The fraction of sp³-hybridized carbons (Fsp3) is 0.360. The minimum Gasteiger partial charge on any atom is -0.381 e. The molecular formula is C75H86N6. The average molecular weight is 1070 g/mol. The molecule has 6 aromatic rings. The van der Waals surface area contributed by atoms with Gasteiger partial charge in [-0.2, -0.15) is 0 Å². The zero-order valence-electron chi connectivity index (χ0n) is 50.7. The second-order valence-electron chi connectivity index (χ2n) is 27.7. The number of aliphatic imine (C=N–C) groups is 1. The number of benzene rings is 5. The van der Waals surface area contributed by atoms with Crippen molar-refractivity contribution in [2.24, 2.45) is 16.3 Å². The van der Waals surface area contributed by atoms with E-state index in [2.05, 4.69) is 299 Å². The molecular weight excluding hydrogens is 985 g/mol. The van der Waals surface area contributed by atoms with Crippen LogP contribution >= 0.6 is 0 Å². The van der Waals surface area contributed by atoms with Gasteiger partial charge in [0.15, 0.2) is 0 Å². The third kappa shape index (κ3) is 10.4. The van der Waals surface area contributed by atoms with Crippen molar-refractivity contribution < 1.29 is 0 Å². The summed E-state index contributed by atoms with van der Waals surface area (Å²) in [5.74, 6) is 0.993. The van der Waals surface area contributed by atoms with Crippen LogP contribution in [0.15, 0.2) is 204 Å². The minimum atomic E-state index is -0.734. The van der Waals surface area contributed by atoms with Crippen molar-refractivity contribution in [3.05, 3.63) is 238 Å². The van der Waals surface area contributed by atoms with Crippen LogP contribution in [0, 0.1) is 11.3 Å². The van der Waals surface area contributed by atoms with Crippen molar-refractivity contribution in [2.75, 3.05) is 4.90 Å². The van der Waals surface area contributed by atoms with E-state index in [0.29, 0.717) is 0 Å². The van der Waals surface area contributed by atoms with Gasteiger partial charge in [0.25, 0.3) is 0 Å². The van der Waals surface area contributed by atoms with Crippen LogP contribution in [0.5, 0.6) is 0 Å². The molecule has 3 N–H and O–H groups in total. The quantitative estimate of drug-likeness (QED) is 0.0945. The van der Waals surface area contributed by atoms with Crippen LogP contribution in [0.1, 0.15) is 167 Å². The molecule has 0 fully saturated rings. The van der Waals surface area contributed by atoms with Gasteiger partial charge >= 0.3 is 0 Å². The van der Waals surface area contributed by atoms with Crippen LogP contribution < -0.4 is 20.9 Å². The number of allylic oxidation sites excluding steroid dienone is 8. The van der Waals surface area contributed by atoms with E-state index >= 15 is 0 Å². The maximum absolute atomic E-state index is 6.12. The first-order chi connectivity index (χ1) is 38.4. The fourth-order valence-corrected chi connectivity index (χ4v) is 13.0. The van der Waals surface area contributed by atoms with Gasteiger partial charge < -0.3 is 20.1 Å². The van der Waals surface area contributed by atoms with Gasteiger partial charge in [-0.15, -0.1) is 5.73 Å². The summed E-state index contributed by atoms with van der Waals surface area (Å²) in [6.07, 6.45) is 27.4. The largest absolute Gasteiger partial charge is 0.381 e. The molecule has 5 aromatic carbocycles. The van der Waals surface area contributed by atoms with E-state index in [9.17, 15) is 0 Å². The molecule has 3 aliphatic heterocycles. The first-order valence-electron chi connectivity index (χ1n) is 29.7. The van der Waals surface area contributed by atoms with Crippen molar-refractivity contribution in [3.63, 3.8) is 0 Å². The zero-order valence-corrected chi connectivity index (χ0v) is 50.7. The van der Waals surface area contributed by atoms with E-state index in [1.807, 2.05) is 6.08 Å². The Morgan fingerprint density at radius 2 is 1.40 bits per heavy atom. The number of para-hydroxylation sites is 1. The number of anilines is 1. The molecule has 2 aliphatic carbocycles. The molecule has 0 amide bonds. The van der Waals surface area contributed by atoms with Gasteiger partial charge in [-0.3, -0.25) is 5.32 Å². The maximum atomic E-state index is 6.12. The van der Waals surface area contributed by atoms with Crippen LogP contribution in [0.2, 0.25) is 0 Å². The van der Waals surface area contributed by atoms with E-state index in [4.69, 9.17) is 4.99 Å². The van der Waals surface area contributed by atoms with Gasteiger partial charge in [-0.25, -0.2) is 4.99 Å². The Morgan fingerprint density at radius 1 is 0.728 bits per heavy atom. The average Bonchev–Trinajstić information content (AvgIpc) is 2.64. The number of amidine groups is 1. The molecule has 1 aromatic heterocycles. The first-order valence-corrected chi connectivity index (χ1v) is 29.7. The van der Waals surface area contributed by atoms with Gasteiger partial charge in [0.2, 0.25) is 0 Å². The number of nitrogens with zero attached hydrogens (tertiary/aromatic N) is 3. The number of nitrogens with one attached hydrogen (secondary N) is 3. The predicted molar refractivity (Wildman–Crippen MR) is 345 cm³/mol. The molecule has 0 saturated heterocycles. The number of dihydropyridines is 1. The smallest absolute Gasteiger partial charge is 0.131 e. The second kappa shape index (κ2) is 20.9. The molecule has 4 unspecified atom stereocenters. The zero-order chi connectivity index (χ0) is 57.4. The molecule has 6 atom stereocenters. The van der Waals surface area contributed by atoms with Crippen molar-refractivity contribution >= 4 is 38.9 Å². The Morgan fingerprint density at radius 3 is 2.02 bits per heavy atom. The molecule has 0 saturated carbocycles. The number of unbranched alkanes of at least 4 members (excludes halogenated alkanes) is 1. The lowest BCUT2D eigenvalue weighted by Gasteiger charge is -2.45. The van der Waals surface area contributed by atoms with Crippen LogP contribution in [-0.2, 0) is 21.9 Å². The minimum absolute atomic E-state index is 0.00232. The van der Waals surface area contributed by atoms with Crippen LogP contribution in [0.3, 0.4) is 0 Å². The summed E-state index contributed by atoms with van der Waals surface area (Å²) in [7, 11) is 0. The van der Waals surface area contributed by atoms with Crippen molar-refractivity contribution in [1.29, 1.82) is 0 Å². The SMILES string of the molecule is C=C=CCC/C=C(\C)c1cccc([C@@H]2N=C(C3CC=CC([C@H]4C=CC=CN4)=C3N3c4ccc(C(C)(C)C)cc4C4C=C(C(C)(C)C)C=CC43)NC(C)(c3ccccc3)N2)c1-n1c2ccc(C(C)(C)C)cc2c2cc(C(C)(C)C)ccc21. The number of hydrogen-bond donors (Lipinski definition) is 3. The van der Waals surface area contributed by atoms with Gasteiger partial charge in [0.1, 0.15) is 17.7 Å². The summed E-state index contributed by atoms with van der Waals surface area (Å²) in [5.41, 5.74) is 20.9. The summed E-state index contributed by atoms with van der Waals surface area (Å²) in [4.78, 5) is 8.84. The Hall–Kier alpha value is -7.37. The van der Waals surface area contributed by atoms with Crippen molar-refractivity contribution in [3.8, 4) is 5.69 Å². The topological polar surface area (TPSA) is 56.6 Å². The molecule has 0 bridgehead atoms. The molecule has 6 nitrogen and oxygen atoms in total. The molecule has 416 valence electrons. The molecule has 11 rings (SSSR count). The van der Waals surface area contributed by atoms with Crippen molar-refractivity contribution in [2.45, 2.75) is 162 Å². The van der Waals surface area contributed by atoms with Gasteiger partial charge in [0, 0.05) is 39.2 Å². The van der Waals surface area contributed by atoms with Crippen molar-refractivity contribution in [1.82, 2.24) is 20.5 Å². The normalized spacial score (nSPS) is 23.0. The van der Waals surface area contributed by atoms with Crippen LogP contribution in [-0.4, -0.2) is 22.5 Å². The highest BCUT2D eigenvalue weighted by Crippen LogP contribution is 2.53. The number of hydrogen-bond acceptors (Lipinski definition) is 5. The Bertz CT molecular complexity index is 3680. The highest BCUT2D eigenvalue weighted by Gasteiger charge is 2.47. The van der Waals surface area contributed by atoms with E-state index in [0.717, 1.165) is 41.9 Å². The first kappa shape index (κ1) is 55.5. The highest BCUT2D eigenvalue weighted by atomic mass is 15.3. The van der Waals surface area contributed by atoms with E-state index in [1.54, 1.807) is 0 Å². The van der Waals surface area contributed by atoms with E-state index in [-0.39, 0.29) is 45.6 Å². The second-order valence-corrected chi connectivity index (χ2v) is 27.7. The number of fused-ring (bicyclic) bond motifs is 6. The lowest BCUT2D eigenvalue weighted by Crippen LogP contribution is -2.60. The number of aromatic nitrogens is 1. The maximum Gasteiger partial charge on any atom is 0.131 e. The van der Waals surface area contributed by atoms with E-state index < -0.39 is 11.8 Å². The Balaban J connectivity index is 1.18. The van der Waals surface area contributed by atoms with Gasteiger partial charge in [-0.05, 0) is 148 Å². The van der Waals surface area contributed by atoms with E-state index in [1.165, 1.54) is 77.7 Å². The molecule has 81 heavy (non-hydrogen) atoms. The molecule has 0 spiro atoms. The molecule has 5 aliphatic rings. The molecule has 0 radical (unpaired) electrons. The highest BCUT2D eigenvalue weighted by molar-refractivity contribution is 6.10. The van der Waals surface area contributed by atoms with Crippen LogP contribution in [0.4, 0.5) is 5.69 Å². The Kier molecular flexibility index (Phi) is 14.3. The lowest BCUT2D eigenvalue weighted by atomic mass is 9.77. The fourth-order valence-electron chi connectivity index (χ4n) is 13.0. The summed E-state index contributed by atoms with van der Waals surface area (Å²) in [5, 5.41) is 14.7. The monoisotopic (exact) mass is 1070 g/mol. The van der Waals surface area contributed by atoms with Gasteiger partial charge in [-0.1, -0.05) is 211 Å². The molecule has 4 heterocycles.